The minimum atomic E-state index is 0.396. The zero-order valence-electron chi connectivity index (χ0n) is 20.7. The molecule has 1 aliphatic carbocycles. The highest BCUT2D eigenvalue weighted by atomic mass is 79.9. The third-order valence-corrected chi connectivity index (χ3v) is 9.28. The van der Waals surface area contributed by atoms with E-state index < -0.39 is 0 Å². The van der Waals surface area contributed by atoms with Gasteiger partial charge in [0, 0.05) is 26.0 Å². The van der Waals surface area contributed by atoms with Gasteiger partial charge in [0.15, 0.2) is 0 Å². The average molecular weight is 608 g/mol. The Labute approximate surface area is 230 Å². The molecule has 1 saturated carbocycles. The van der Waals surface area contributed by atoms with Crippen molar-refractivity contribution in [3.8, 4) is 22.6 Å². The molecular weight excluding hydrogens is 576 g/mol. The SMILES string of the molecule is CCCC1CCC(C2COc3ccc4cc(Br)ccc4c3-c3c(ccc4cc(Br)ccc34)OC2)CC1. The number of ether oxygens (including phenoxy) is 2. The lowest BCUT2D eigenvalue weighted by Crippen LogP contribution is -2.30. The van der Waals surface area contributed by atoms with Crippen molar-refractivity contribution in [2.75, 3.05) is 13.2 Å². The van der Waals surface area contributed by atoms with Gasteiger partial charge in [-0.1, -0.05) is 88.7 Å². The fourth-order valence-corrected chi connectivity index (χ4v) is 7.15. The average Bonchev–Trinajstić information content (AvgIpc) is 2.97. The van der Waals surface area contributed by atoms with Crippen molar-refractivity contribution >= 4 is 53.4 Å². The molecule has 0 N–H and O–H groups in total. The maximum absolute atomic E-state index is 6.72. The minimum absolute atomic E-state index is 0.396. The van der Waals surface area contributed by atoms with Crippen molar-refractivity contribution in [2.45, 2.75) is 45.4 Å². The van der Waals surface area contributed by atoms with Gasteiger partial charge in [-0.05, 0) is 82.6 Å². The van der Waals surface area contributed by atoms with E-state index in [1.165, 1.54) is 60.1 Å². The standard InChI is InChI=1S/C32H32Br2O2/c1-2-3-20-4-6-21(7-5-20)24-18-35-29-14-8-22-16-25(33)10-12-27(22)31(29)32-28-13-11-26(34)17-23(28)9-15-30(32)36-19-24/h8-17,20-21,24H,2-7,18-19H2,1H3. The summed E-state index contributed by atoms with van der Waals surface area (Å²) in [5.41, 5.74) is 2.27. The predicted octanol–water partition coefficient (Wildman–Crippen LogP) is 10.2. The van der Waals surface area contributed by atoms with Gasteiger partial charge in [-0.2, -0.15) is 0 Å². The fourth-order valence-electron chi connectivity index (χ4n) is 6.39. The van der Waals surface area contributed by atoms with E-state index in [2.05, 4.69) is 99.4 Å². The molecule has 0 saturated heterocycles. The van der Waals surface area contributed by atoms with E-state index in [1.807, 2.05) is 0 Å². The van der Waals surface area contributed by atoms with Gasteiger partial charge in [-0.15, -0.1) is 0 Å². The monoisotopic (exact) mass is 606 g/mol. The Morgan fingerprint density at radius 3 is 1.69 bits per heavy atom. The molecule has 2 aliphatic rings. The minimum Gasteiger partial charge on any atom is -0.492 e. The van der Waals surface area contributed by atoms with Crippen LogP contribution in [0.2, 0.25) is 0 Å². The first-order valence-electron chi connectivity index (χ1n) is 13.3. The third kappa shape index (κ3) is 4.67. The van der Waals surface area contributed by atoms with E-state index in [0.717, 1.165) is 37.5 Å². The van der Waals surface area contributed by atoms with Crippen LogP contribution in [0.1, 0.15) is 45.4 Å². The second kappa shape index (κ2) is 10.4. The molecule has 4 aromatic carbocycles. The second-order valence-corrected chi connectivity index (χ2v) is 12.4. The van der Waals surface area contributed by atoms with Crippen molar-refractivity contribution in [3.05, 3.63) is 69.6 Å². The summed E-state index contributed by atoms with van der Waals surface area (Å²) in [6.45, 7) is 3.72. The molecule has 0 amide bonds. The lowest BCUT2D eigenvalue weighted by atomic mass is 9.75. The van der Waals surface area contributed by atoms with Crippen LogP contribution in [-0.4, -0.2) is 13.2 Å². The summed E-state index contributed by atoms with van der Waals surface area (Å²) in [4.78, 5) is 0. The van der Waals surface area contributed by atoms with Crippen molar-refractivity contribution in [1.29, 1.82) is 0 Å². The van der Waals surface area contributed by atoms with Crippen LogP contribution in [0.4, 0.5) is 0 Å². The molecule has 0 spiro atoms. The first-order chi connectivity index (χ1) is 17.6. The molecule has 6 rings (SSSR count). The molecule has 0 atom stereocenters. The highest BCUT2D eigenvalue weighted by Gasteiger charge is 2.30. The van der Waals surface area contributed by atoms with Crippen LogP contribution in [0.15, 0.2) is 69.6 Å². The number of fused-ring (bicyclic) bond motifs is 7. The molecule has 0 radical (unpaired) electrons. The van der Waals surface area contributed by atoms with Crippen LogP contribution < -0.4 is 9.47 Å². The number of benzene rings is 4. The highest BCUT2D eigenvalue weighted by Crippen LogP contribution is 2.47. The summed E-state index contributed by atoms with van der Waals surface area (Å²) >= 11 is 7.31. The molecule has 0 bridgehead atoms. The number of hydrogen-bond donors (Lipinski definition) is 0. The van der Waals surface area contributed by atoms with Crippen LogP contribution >= 0.6 is 31.9 Å². The molecule has 186 valence electrons. The molecule has 0 aromatic heterocycles. The first kappa shape index (κ1) is 24.3. The quantitative estimate of drug-likeness (QED) is 0.231. The smallest absolute Gasteiger partial charge is 0.127 e. The predicted molar refractivity (Wildman–Crippen MR) is 157 cm³/mol. The molecule has 1 heterocycles. The molecule has 2 nitrogen and oxygen atoms in total. The summed E-state index contributed by atoms with van der Waals surface area (Å²) in [6, 6.07) is 21.7. The molecule has 4 aromatic rings. The normalized spacial score (nSPS) is 20.5. The van der Waals surface area contributed by atoms with E-state index in [9.17, 15) is 0 Å². The van der Waals surface area contributed by atoms with Crippen LogP contribution in [0.5, 0.6) is 11.5 Å². The molecule has 36 heavy (non-hydrogen) atoms. The topological polar surface area (TPSA) is 18.5 Å². The van der Waals surface area contributed by atoms with Crippen LogP contribution in [0, 0.1) is 17.8 Å². The summed E-state index contributed by atoms with van der Waals surface area (Å²) in [7, 11) is 0. The molecule has 1 aliphatic heterocycles. The summed E-state index contributed by atoms with van der Waals surface area (Å²) in [6.07, 6.45) is 7.95. The van der Waals surface area contributed by atoms with E-state index in [1.54, 1.807) is 0 Å². The molecule has 0 unspecified atom stereocenters. The van der Waals surface area contributed by atoms with E-state index in [0.29, 0.717) is 25.0 Å². The van der Waals surface area contributed by atoms with Gasteiger partial charge < -0.3 is 9.47 Å². The van der Waals surface area contributed by atoms with Gasteiger partial charge in [-0.25, -0.2) is 0 Å². The Kier molecular flexibility index (Phi) is 7.01. The Morgan fingerprint density at radius 1 is 0.667 bits per heavy atom. The van der Waals surface area contributed by atoms with Gasteiger partial charge in [0.1, 0.15) is 11.5 Å². The first-order valence-corrected chi connectivity index (χ1v) is 14.9. The van der Waals surface area contributed by atoms with Crippen molar-refractivity contribution < 1.29 is 9.47 Å². The van der Waals surface area contributed by atoms with Crippen molar-refractivity contribution in [3.63, 3.8) is 0 Å². The van der Waals surface area contributed by atoms with Gasteiger partial charge in [-0.3, -0.25) is 0 Å². The van der Waals surface area contributed by atoms with Gasteiger partial charge >= 0.3 is 0 Å². The van der Waals surface area contributed by atoms with E-state index >= 15 is 0 Å². The summed E-state index contributed by atoms with van der Waals surface area (Å²) < 4.78 is 15.6. The second-order valence-electron chi connectivity index (χ2n) is 10.6. The number of rotatable bonds is 3. The zero-order chi connectivity index (χ0) is 24.6. The third-order valence-electron chi connectivity index (χ3n) is 8.30. The lowest BCUT2D eigenvalue weighted by Gasteiger charge is -2.33. The Bertz CT molecular complexity index is 1310. The van der Waals surface area contributed by atoms with E-state index in [4.69, 9.17) is 9.47 Å². The Morgan fingerprint density at radius 2 is 1.19 bits per heavy atom. The van der Waals surface area contributed by atoms with E-state index in [-0.39, 0.29) is 0 Å². The van der Waals surface area contributed by atoms with Gasteiger partial charge in [0.2, 0.25) is 0 Å². The van der Waals surface area contributed by atoms with Crippen molar-refractivity contribution in [2.24, 2.45) is 17.8 Å². The Balaban J connectivity index is 1.47. The lowest BCUT2D eigenvalue weighted by molar-refractivity contribution is 0.0983. The molecule has 4 heteroatoms. The number of halogens is 2. The van der Waals surface area contributed by atoms with Gasteiger partial charge in [0.05, 0.1) is 13.2 Å². The fraction of sp³-hybridized carbons (Fsp3) is 0.375. The molecule has 1 fully saturated rings. The van der Waals surface area contributed by atoms with Gasteiger partial charge in [0.25, 0.3) is 0 Å². The van der Waals surface area contributed by atoms with Crippen LogP contribution in [-0.2, 0) is 0 Å². The van der Waals surface area contributed by atoms with Crippen LogP contribution in [0.25, 0.3) is 32.7 Å². The summed E-state index contributed by atoms with van der Waals surface area (Å²) in [5.74, 6) is 3.87. The maximum atomic E-state index is 6.72. The Hall–Kier alpha value is -2.04. The highest BCUT2D eigenvalue weighted by molar-refractivity contribution is 9.10. The van der Waals surface area contributed by atoms with Crippen molar-refractivity contribution in [1.82, 2.24) is 0 Å². The maximum Gasteiger partial charge on any atom is 0.127 e. The largest absolute Gasteiger partial charge is 0.492 e. The zero-order valence-corrected chi connectivity index (χ0v) is 23.9. The van der Waals surface area contributed by atoms with Crippen LogP contribution in [0.3, 0.4) is 0 Å². The summed E-state index contributed by atoms with van der Waals surface area (Å²) in [5, 5.41) is 4.76. The number of hydrogen-bond acceptors (Lipinski definition) is 2. The molecular formula is C32H32Br2O2.